The van der Waals surface area contributed by atoms with Crippen molar-refractivity contribution in [2.24, 2.45) is 5.92 Å². The van der Waals surface area contributed by atoms with Crippen LogP contribution in [0.15, 0.2) is 60.8 Å². The molecule has 4 heteroatoms. The van der Waals surface area contributed by atoms with Gasteiger partial charge in [0.25, 0.3) is 0 Å². The molecule has 3 rings (SSSR count). The van der Waals surface area contributed by atoms with Crippen LogP contribution in [0.2, 0.25) is 0 Å². The van der Waals surface area contributed by atoms with Crippen LogP contribution in [0.4, 0.5) is 0 Å². The van der Waals surface area contributed by atoms with Gasteiger partial charge in [0.1, 0.15) is 11.3 Å². The number of amides is 1. The number of hydrogen-bond donors (Lipinski definition) is 2. The molecule has 1 aromatic heterocycles. The predicted octanol–water partition coefficient (Wildman–Crippen LogP) is 4.19. The first-order chi connectivity index (χ1) is 12.1. The summed E-state index contributed by atoms with van der Waals surface area (Å²) >= 11 is 0. The van der Waals surface area contributed by atoms with Crippen LogP contribution in [0.25, 0.3) is 10.9 Å². The molecule has 2 N–H and O–H groups in total. The second kappa shape index (κ2) is 7.34. The minimum absolute atomic E-state index is 0.0376. The number of aromatic nitrogens is 1. The van der Waals surface area contributed by atoms with Gasteiger partial charge in [-0.2, -0.15) is 0 Å². The number of aromatic hydroxyl groups is 1. The second-order valence-electron chi connectivity index (χ2n) is 6.59. The zero-order valence-corrected chi connectivity index (χ0v) is 14.4. The minimum atomic E-state index is -0.418. The number of carbonyl (C=O) groups is 1. The minimum Gasteiger partial charge on any atom is -0.505 e. The zero-order chi connectivity index (χ0) is 17.8. The predicted molar refractivity (Wildman–Crippen MR) is 99.3 cm³/mol. The quantitative estimate of drug-likeness (QED) is 0.735. The molecule has 0 aliphatic carbocycles. The molecule has 0 spiro atoms. The van der Waals surface area contributed by atoms with Gasteiger partial charge in [-0.1, -0.05) is 62.4 Å². The molecule has 4 nitrogen and oxygen atoms in total. The van der Waals surface area contributed by atoms with E-state index in [1.54, 1.807) is 6.20 Å². The summed E-state index contributed by atoms with van der Waals surface area (Å²) in [4.78, 5) is 16.7. The van der Waals surface area contributed by atoms with E-state index in [0.29, 0.717) is 17.5 Å². The topological polar surface area (TPSA) is 62.2 Å². The number of benzene rings is 2. The number of hydrogen-bond acceptors (Lipinski definition) is 3. The van der Waals surface area contributed by atoms with Gasteiger partial charge >= 0.3 is 0 Å². The van der Waals surface area contributed by atoms with Crippen LogP contribution in [0.3, 0.4) is 0 Å². The first kappa shape index (κ1) is 17.0. The van der Waals surface area contributed by atoms with Gasteiger partial charge in [-0.3, -0.25) is 9.78 Å². The molecule has 0 unspecified atom stereocenters. The highest BCUT2D eigenvalue weighted by Crippen LogP contribution is 2.34. The fraction of sp³-hybridized carbons (Fsp3) is 0.238. The Kier molecular flexibility index (Phi) is 4.98. The molecule has 1 atom stereocenters. The molecule has 0 aliphatic heterocycles. The Morgan fingerprint density at radius 2 is 1.84 bits per heavy atom. The van der Waals surface area contributed by atoms with Crippen LogP contribution >= 0.6 is 0 Å². The smallest absolute Gasteiger partial charge is 0.221 e. The van der Waals surface area contributed by atoms with Crippen molar-refractivity contribution in [3.05, 3.63) is 71.9 Å². The highest BCUT2D eigenvalue weighted by atomic mass is 16.3. The van der Waals surface area contributed by atoms with Gasteiger partial charge in [0.15, 0.2) is 0 Å². The molecule has 3 aromatic rings. The van der Waals surface area contributed by atoms with Gasteiger partial charge in [0.05, 0.1) is 6.04 Å². The van der Waals surface area contributed by atoms with E-state index in [1.165, 1.54) is 0 Å². The van der Waals surface area contributed by atoms with Crippen molar-refractivity contribution in [2.45, 2.75) is 26.3 Å². The molecule has 0 saturated carbocycles. The maximum Gasteiger partial charge on any atom is 0.221 e. The third kappa shape index (κ3) is 3.79. The lowest BCUT2D eigenvalue weighted by Gasteiger charge is -2.22. The summed E-state index contributed by atoms with van der Waals surface area (Å²) in [5.74, 6) is 0.337. The molecule has 1 amide bonds. The van der Waals surface area contributed by atoms with Crippen LogP contribution in [0.1, 0.15) is 37.4 Å². The standard InChI is InChI=1S/C21H22N2O2/c1-14(2)13-18(24)23-19(15-7-4-3-5-8-15)17-11-10-16-9-6-12-22-20(16)21(17)25/h3-12,14,19,25H,13H2,1-2H3,(H,23,24)/t19-/m0/s1. The Balaban J connectivity index is 2.05. The van der Waals surface area contributed by atoms with Crippen molar-refractivity contribution >= 4 is 16.8 Å². The summed E-state index contributed by atoms with van der Waals surface area (Å²) in [6, 6.07) is 16.8. The number of carbonyl (C=O) groups excluding carboxylic acids is 1. The van der Waals surface area contributed by atoms with Gasteiger partial charge in [0, 0.05) is 23.6 Å². The van der Waals surface area contributed by atoms with E-state index in [-0.39, 0.29) is 17.6 Å². The van der Waals surface area contributed by atoms with E-state index >= 15 is 0 Å². The lowest BCUT2D eigenvalue weighted by atomic mass is 9.96. The lowest BCUT2D eigenvalue weighted by molar-refractivity contribution is -0.122. The number of nitrogens with one attached hydrogen (secondary N) is 1. The first-order valence-electron chi connectivity index (χ1n) is 8.47. The summed E-state index contributed by atoms with van der Waals surface area (Å²) in [5, 5.41) is 14.7. The molecule has 0 saturated heterocycles. The average molecular weight is 334 g/mol. The van der Waals surface area contributed by atoms with Crippen LogP contribution in [-0.2, 0) is 4.79 Å². The second-order valence-corrected chi connectivity index (χ2v) is 6.59. The highest BCUT2D eigenvalue weighted by molar-refractivity contribution is 5.86. The highest BCUT2D eigenvalue weighted by Gasteiger charge is 2.21. The van der Waals surface area contributed by atoms with E-state index in [2.05, 4.69) is 10.3 Å². The van der Waals surface area contributed by atoms with Gasteiger partial charge in [-0.15, -0.1) is 0 Å². The number of rotatable bonds is 5. The Labute approximate surface area is 147 Å². The summed E-state index contributed by atoms with van der Waals surface area (Å²) in [5.41, 5.74) is 2.11. The van der Waals surface area contributed by atoms with Gasteiger partial charge in [-0.05, 0) is 17.5 Å². The Morgan fingerprint density at radius 1 is 1.08 bits per heavy atom. The Hall–Kier alpha value is -2.88. The Bertz CT molecular complexity index is 875. The van der Waals surface area contributed by atoms with E-state index < -0.39 is 6.04 Å². The normalized spacial score (nSPS) is 12.3. The molecule has 128 valence electrons. The number of fused-ring (bicyclic) bond motifs is 1. The van der Waals surface area contributed by atoms with Crippen molar-refractivity contribution in [1.29, 1.82) is 0 Å². The van der Waals surface area contributed by atoms with Crippen molar-refractivity contribution in [2.75, 3.05) is 0 Å². The molecular weight excluding hydrogens is 312 g/mol. The van der Waals surface area contributed by atoms with Crippen molar-refractivity contribution in [1.82, 2.24) is 10.3 Å². The van der Waals surface area contributed by atoms with Crippen LogP contribution in [0.5, 0.6) is 5.75 Å². The van der Waals surface area contributed by atoms with Gasteiger partial charge in [-0.25, -0.2) is 0 Å². The van der Waals surface area contributed by atoms with Crippen molar-refractivity contribution < 1.29 is 9.90 Å². The first-order valence-corrected chi connectivity index (χ1v) is 8.47. The van der Waals surface area contributed by atoms with E-state index in [1.807, 2.05) is 68.4 Å². The maximum absolute atomic E-state index is 12.4. The van der Waals surface area contributed by atoms with Crippen molar-refractivity contribution in [3.63, 3.8) is 0 Å². The van der Waals surface area contributed by atoms with E-state index in [4.69, 9.17) is 0 Å². The van der Waals surface area contributed by atoms with Gasteiger partial charge in [0.2, 0.25) is 5.91 Å². The average Bonchev–Trinajstić information content (AvgIpc) is 2.61. The molecule has 1 heterocycles. The molecule has 25 heavy (non-hydrogen) atoms. The largest absolute Gasteiger partial charge is 0.505 e. The fourth-order valence-electron chi connectivity index (χ4n) is 2.96. The monoisotopic (exact) mass is 334 g/mol. The van der Waals surface area contributed by atoms with Crippen LogP contribution in [0, 0.1) is 5.92 Å². The maximum atomic E-state index is 12.4. The van der Waals surface area contributed by atoms with E-state index in [9.17, 15) is 9.90 Å². The third-order valence-corrected chi connectivity index (χ3v) is 4.12. The van der Waals surface area contributed by atoms with Crippen LogP contribution < -0.4 is 5.32 Å². The number of phenols is 1. The summed E-state index contributed by atoms with van der Waals surface area (Å²) in [6.45, 7) is 4.02. The molecule has 0 fully saturated rings. The zero-order valence-electron chi connectivity index (χ0n) is 14.4. The number of phenolic OH excluding ortho intramolecular Hbond substituents is 1. The van der Waals surface area contributed by atoms with Gasteiger partial charge < -0.3 is 10.4 Å². The summed E-state index contributed by atoms with van der Waals surface area (Å²) in [7, 11) is 0. The lowest BCUT2D eigenvalue weighted by Crippen LogP contribution is -2.30. The summed E-state index contributed by atoms with van der Waals surface area (Å²) in [6.07, 6.45) is 2.09. The number of pyridine rings is 1. The third-order valence-electron chi connectivity index (χ3n) is 4.12. The van der Waals surface area contributed by atoms with E-state index in [0.717, 1.165) is 10.9 Å². The summed E-state index contributed by atoms with van der Waals surface area (Å²) < 4.78 is 0. The van der Waals surface area contributed by atoms with Crippen molar-refractivity contribution in [3.8, 4) is 5.75 Å². The Morgan fingerprint density at radius 3 is 2.56 bits per heavy atom. The molecule has 0 aliphatic rings. The molecule has 0 radical (unpaired) electrons. The molecule has 0 bridgehead atoms. The SMILES string of the molecule is CC(C)CC(=O)N[C@@H](c1ccccc1)c1ccc2cccnc2c1O. The fourth-order valence-corrected chi connectivity index (χ4v) is 2.96. The molecular formula is C21H22N2O2. The van der Waals surface area contributed by atoms with Crippen LogP contribution in [-0.4, -0.2) is 16.0 Å². The number of nitrogens with zero attached hydrogens (tertiary/aromatic N) is 1. The molecule has 2 aromatic carbocycles.